The Kier molecular flexibility index (Phi) is 4.26. The molecular formula is C15H18FN3OS. The smallest absolute Gasteiger partial charge is 0.234 e. The van der Waals surface area contributed by atoms with E-state index < -0.39 is 0 Å². The molecule has 1 aliphatic rings. The maximum Gasteiger partial charge on any atom is 0.234 e. The average Bonchev–Trinajstić information content (AvgIpc) is 3.16. The second-order valence-electron chi connectivity index (χ2n) is 5.32. The maximum absolute atomic E-state index is 12.9. The van der Waals surface area contributed by atoms with Gasteiger partial charge >= 0.3 is 0 Å². The lowest BCUT2D eigenvalue weighted by molar-refractivity contribution is 0.284. The van der Waals surface area contributed by atoms with E-state index in [0.29, 0.717) is 11.6 Å². The van der Waals surface area contributed by atoms with Crippen molar-refractivity contribution in [3.8, 4) is 0 Å². The van der Waals surface area contributed by atoms with Crippen LogP contribution in [0.15, 0.2) is 33.7 Å². The summed E-state index contributed by atoms with van der Waals surface area (Å²) in [5, 5.41) is 7.44. The molecule has 1 aromatic heterocycles. The van der Waals surface area contributed by atoms with E-state index in [0.717, 1.165) is 36.7 Å². The van der Waals surface area contributed by atoms with E-state index in [1.165, 1.54) is 12.1 Å². The zero-order valence-electron chi connectivity index (χ0n) is 11.9. The molecule has 21 heavy (non-hydrogen) atoms. The molecule has 0 aliphatic carbocycles. The van der Waals surface area contributed by atoms with Gasteiger partial charge in [-0.05, 0) is 43.7 Å². The minimum Gasteiger partial charge on any atom is -0.339 e. The van der Waals surface area contributed by atoms with Gasteiger partial charge in [-0.2, -0.15) is 4.98 Å². The summed E-state index contributed by atoms with van der Waals surface area (Å²) in [6.45, 7) is 4.05. The van der Waals surface area contributed by atoms with Crippen LogP contribution >= 0.6 is 11.8 Å². The first-order valence-corrected chi connectivity index (χ1v) is 8.12. The zero-order chi connectivity index (χ0) is 14.7. The third-order valence-electron chi connectivity index (χ3n) is 4.02. The summed E-state index contributed by atoms with van der Waals surface area (Å²) >= 11 is 1.58. The minimum atomic E-state index is -0.222. The van der Waals surface area contributed by atoms with Crippen molar-refractivity contribution in [1.82, 2.24) is 15.5 Å². The van der Waals surface area contributed by atoms with Crippen LogP contribution in [0.2, 0.25) is 0 Å². The Morgan fingerprint density at radius 3 is 2.86 bits per heavy atom. The van der Waals surface area contributed by atoms with Crippen molar-refractivity contribution in [1.29, 1.82) is 0 Å². The van der Waals surface area contributed by atoms with Crippen LogP contribution < -0.4 is 5.32 Å². The highest BCUT2D eigenvalue weighted by Crippen LogP contribution is 2.33. The van der Waals surface area contributed by atoms with Gasteiger partial charge < -0.3 is 9.84 Å². The molecule has 2 aromatic rings. The van der Waals surface area contributed by atoms with Gasteiger partial charge in [0.05, 0.1) is 11.2 Å². The highest BCUT2D eigenvalue weighted by molar-refractivity contribution is 7.98. The standard InChI is InChI=1S/C15H18FN3OS/c1-2-15(7-8-17-10-15)14-18-13(19-20-14)9-21-12-5-3-11(16)4-6-12/h3-6,17H,2,7-10H2,1H3. The first-order chi connectivity index (χ1) is 10.2. The number of halogens is 1. The quantitative estimate of drug-likeness (QED) is 0.860. The molecule has 1 N–H and O–H groups in total. The van der Waals surface area contributed by atoms with Crippen LogP contribution in [0.3, 0.4) is 0 Å². The van der Waals surface area contributed by atoms with Crippen molar-refractivity contribution in [3.63, 3.8) is 0 Å². The molecule has 1 aromatic carbocycles. The normalized spacial score (nSPS) is 21.8. The van der Waals surface area contributed by atoms with E-state index in [4.69, 9.17) is 4.52 Å². The molecule has 0 saturated carbocycles. The fourth-order valence-electron chi connectivity index (χ4n) is 2.59. The van der Waals surface area contributed by atoms with Gasteiger partial charge in [-0.25, -0.2) is 4.39 Å². The number of nitrogens with zero attached hydrogens (tertiary/aromatic N) is 2. The Hall–Kier alpha value is -1.40. The molecule has 1 fully saturated rings. The van der Waals surface area contributed by atoms with Crippen molar-refractivity contribution >= 4 is 11.8 Å². The molecule has 3 rings (SSSR count). The molecule has 0 bridgehead atoms. The van der Waals surface area contributed by atoms with Crippen LogP contribution in [0.1, 0.15) is 31.5 Å². The van der Waals surface area contributed by atoms with E-state index in [2.05, 4.69) is 22.4 Å². The van der Waals surface area contributed by atoms with Gasteiger partial charge in [0.25, 0.3) is 0 Å². The zero-order valence-corrected chi connectivity index (χ0v) is 12.8. The van der Waals surface area contributed by atoms with Gasteiger partial charge in [0, 0.05) is 11.4 Å². The predicted octanol–water partition coefficient (Wildman–Crippen LogP) is 3.14. The van der Waals surface area contributed by atoms with Crippen LogP contribution in [0.25, 0.3) is 0 Å². The summed E-state index contributed by atoms with van der Waals surface area (Å²) in [6, 6.07) is 6.44. The van der Waals surface area contributed by atoms with Crippen molar-refractivity contribution in [2.75, 3.05) is 13.1 Å². The number of hydrogen-bond donors (Lipinski definition) is 1. The maximum atomic E-state index is 12.9. The van der Waals surface area contributed by atoms with E-state index in [1.807, 2.05) is 0 Å². The third kappa shape index (κ3) is 3.11. The first kappa shape index (κ1) is 14.5. The highest BCUT2D eigenvalue weighted by atomic mass is 32.2. The van der Waals surface area contributed by atoms with Gasteiger partial charge in [-0.1, -0.05) is 12.1 Å². The Labute approximate surface area is 127 Å². The van der Waals surface area contributed by atoms with Gasteiger partial charge in [0.2, 0.25) is 5.89 Å². The second-order valence-corrected chi connectivity index (χ2v) is 6.37. The van der Waals surface area contributed by atoms with Gasteiger partial charge in [-0.3, -0.25) is 0 Å². The Morgan fingerprint density at radius 1 is 1.38 bits per heavy atom. The number of thioether (sulfide) groups is 1. The molecule has 0 amide bonds. The van der Waals surface area contributed by atoms with Crippen LogP contribution in [0.5, 0.6) is 0 Å². The molecule has 1 saturated heterocycles. The lowest BCUT2D eigenvalue weighted by atomic mass is 9.84. The summed E-state index contributed by atoms with van der Waals surface area (Å²) < 4.78 is 18.3. The average molecular weight is 307 g/mol. The number of aromatic nitrogens is 2. The minimum absolute atomic E-state index is 0.00814. The molecule has 1 aliphatic heterocycles. The number of rotatable bonds is 5. The summed E-state index contributed by atoms with van der Waals surface area (Å²) in [4.78, 5) is 5.55. The fourth-order valence-corrected chi connectivity index (χ4v) is 3.33. The number of hydrogen-bond acceptors (Lipinski definition) is 5. The van der Waals surface area contributed by atoms with E-state index in [-0.39, 0.29) is 11.2 Å². The Morgan fingerprint density at radius 2 is 2.19 bits per heavy atom. The predicted molar refractivity (Wildman–Crippen MR) is 79.7 cm³/mol. The fraction of sp³-hybridized carbons (Fsp3) is 0.467. The lowest BCUT2D eigenvalue weighted by Crippen LogP contribution is -2.28. The highest BCUT2D eigenvalue weighted by Gasteiger charge is 2.39. The second kappa shape index (κ2) is 6.15. The topological polar surface area (TPSA) is 51.0 Å². The third-order valence-corrected chi connectivity index (χ3v) is 5.03. The molecule has 4 nitrogen and oxygen atoms in total. The first-order valence-electron chi connectivity index (χ1n) is 7.14. The number of nitrogens with one attached hydrogen (secondary N) is 1. The summed E-state index contributed by atoms with van der Waals surface area (Å²) in [5.74, 6) is 1.84. The Balaban J connectivity index is 1.66. The van der Waals surface area contributed by atoms with Crippen LogP contribution in [0, 0.1) is 5.82 Å². The van der Waals surface area contributed by atoms with Crippen molar-refractivity contribution in [2.24, 2.45) is 0 Å². The van der Waals surface area contributed by atoms with Crippen LogP contribution in [-0.4, -0.2) is 23.2 Å². The molecule has 112 valence electrons. The van der Waals surface area contributed by atoms with Gasteiger partial charge in [0.1, 0.15) is 5.82 Å². The van der Waals surface area contributed by atoms with Crippen LogP contribution in [-0.2, 0) is 11.2 Å². The summed E-state index contributed by atoms with van der Waals surface area (Å²) in [6.07, 6.45) is 2.03. The Bertz CT molecular complexity index is 593. The van der Waals surface area contributed by atoms with E-state index in [9.17, 15) is 4.39 Å². The molecule has 0 radical (unpaired) electrons. The molecular weight excluding hydrogens is 289 g/mol. The van der Waals surface area contributed by atoms with Crippen molar-refractivity contribution < 1.29 is 8.91 Å². The van der Waals surface area contributed by atoms with Gasteiger partial charge in [-0.15, -0.1) is 11.8 Å². The van der Waals surface area contributed by atoms with E-state index >= 15 is 0 Å². The molecule has 2 heterocycles. The monoisotopic (exact) mass is 307 g/mol. The van der Waals surface area contributed by atoms with Crippen LogP contribution in [0.4, 0.5) is 4.39 Å². The largest absolute Gasteiger partial charge is 0.339 e. The summed E-state index contributed by atoms with van der Waals surface area (Å²) in [5.41, 5.74) is -0.00814. The van der Waals surface area contributed by atoms with Crippen molar-refractivity contribution in [2.45, 2.75) is 35.8 Å². The van der Waals surface area contributed by atoms with Crippen molar-refractivity contribution in [3.05, 3.63) is 41.8 Å². The molecule has 0 spiro atoms. The molecule has 1 unspecified atom stereocenters. The van der Waals surface area contributed by atoms with E-state index in [1.54, 1.807) is 23.9 Å². The van der Waals surface area contributed by atoms with Gasteiger partial charge in [0.15, 0.2) is 5.82 Å². The summed E-state index contributed by atoms with van der Waals surface area (Å²) in [7, 11) is 0. The molecule has 6 heteroatoms. The lowest BCUT2D eigenvalue weighted by Gasteiger charge is -2.20. The SMILES string of the molecule is CCC1(c2nc(CSc3ccc(F)cc3)no2)CCNC1. The number of benzene rings is 1. The molecule has 1 atom stereocenters.